The van der Waals surface area contributed by atoms with Crippen LogP contribution in [0.25, 0.3) is 0 Å². The first-order valence-corrected chi connectivity index (χ1v) is 7.63. The van der Waals surface area contributed by atoms with Gasteiger partial charge in [0.2, 0.25) is 0 Å². The van der Waals surface area contributed by atoms with Gasteiger partial charge in [0.15, 0.2) is 0 Å². The van der Waals surface area contributed by atoms with Crippen molar-refractivity contribution in [2.45, 2.75) is 26.4 Å². The van der Waals surface area contributed by atoms with Crippen LogP contribution in [0.4, 0.5) is 18.9 Å². The van der Waals surface area contributed by atoms with Crippen molar-refractivity contribution in [2.24, 2.45) is 4.99 Å². The van der Waals surface area contributed by atoms with Crippen molar-refractivity contribution in [2.75, 3.05) is 14.1 Å². The predicted octanol–water partition coefficient (Wildman–Crippen LogP) is 5.13. The van der Waals surface area contributed by atoms with E-state index in [2.05, 4.69) is 4.99 Å². The van der Waals surface area contributed by atoms with Gasteiger partial charge in [0.05, 0.1) is 17.6 Å². The van der Waals surface area contributed by atoms with Crippen molar-refractivity contribution >= 4 is 12.0 Å². The van der Waals surface area contributed by atoms with Gasteiger partial charge in [-0.1, -0.05) is 24.3 Å². The molecule has 0 aliphatic carbocycles. The summed E-state index contributed by atoms with van der Waals surface area (Å²) in [5.41, 5.74) is 3.94. The Morgan fingerprint density at radius 1 is 1.04 bits per heavy atom. The minimum absolute atomic E-state index is 0.467. The second-order valence-electron chi connectivity index (χ2n) is 6.15. The second kappa shape index (κ2) is 7.07. The van der Waals surface area contributed by atoms with Crippen molar-refractivity contribution in [3.05, 3.63) is 64.2 Å². The van der Waals surface area contributed by atoms with Crippen LogP contribution >= 0.6 is 0 Å². The molecule has 24 heavy (non-hydrogen) atoms. The highest BCUT2D eigenvalue weighted by molar-refractivity contribution is 5.63. The van der Waals surface area contributed by atoms with Crippen LogP contribution in [0.15, 0.2) is 41.4 Å². The van der Waals surface area contributed by atoms with E-state index in [0.29, 0.717) is 12.0 Å². The van der Waals surface area contributed by atoms with Gasteiger partial charge < -0.3 is 4.90 Å². The third kappa shape index (κ3) is 4.60. The Labute approximate surface area is 140 Å². The topological polar surface area (TPSA) is 15.6 Å². The summed E-state index contributed by atoms with van der Waals surface area (Å²) >= 11 is 0. The molecule has 2 aromatic rings. The summed E-state index contributed by atoms with van der Waals surface area (Å²) in [4.78, 5) is 6.27. The molecule has 0 radical (unpaired) electrons. The predicted molar refractivity (Wildman–Crippen MR) is 92.0 cm³/mol. The van der Waals surface area contributed by atoms with Gasteiger partial charge in [-0.25, -0.2) is 4.99 Å². The molecule has 0 bridgehead atoms. The summed E-state index contributed by atoms with van der Waals surface area (Å²) in [7, 11) is 3.79. The second-order valence-corrected chi connectivity index (χ2v) is 6.15. The lowest BCUT2D eigenvalue weighted by Gasteiger charge is -2.12. The summed E-state index contributed by atoms with van der Waals surface area (Å²) < 4.78 is 38.5. The quantitative estimate of drug-likeness (QED) is 0.559. The van der Waals surface area contributed by atoms with E-state index < -0.39 is 11.7 Å². The molecule has 0 heterocycles. The monoisotopic (exact) mass is 334 g/mol. The zero-order chi connectivity index (χ0) is 17.9. The van der Waals surface area contributed by atoms with Crippen LogP contribution in [0.3, 0.4) is 0 Å². The Hall–Kier alpha value is -2.30. The van der Waals surface area contributed by atoms with Gasteiger partial charge in [0.1, 0.15) is 0 Å². The SMILES string of the molecule is Cc1cc(/N=C/N(C)C)c(C)cc1Cc1cccc(C(F)(F)F)c1. The summed E-state index contributed by atoms with van der Waals surface area (Å²) in [5.74, 6) is 0. The maximum atomic E-state index is 12.8. The van der Waals surface area contributed by atoms with E-state index in [0.717, 1.165) is 28.4 Å². The molecule has 128 valence electrons. The Morgan fingerprint density at radius 3 is 2.38 bits per heavy atom. The first kappa shape index (κ1) is 18.0. The number of aliphatic imine (C=N–C) groups is 1. The first-order valence-electron chi connectivity index (χ1n) is 7.63. The molecule has 0 atom stereocenters. The van der Waals surface area contributed by atoms with Gasteiger partial charge in [-0.2, -0.15) is 13.2 Å². The van der Waals surface area contributed by atoms with E-state index in [1.54, 1.807) is 12.4 Å². The lowest BCUT2D eigenvalue weighted by Crippen LogP contribution is -2.07. The molecule has 0 spiro atoms. The van der Waals surface area contributed by atoms with Crippen LogP contribution < -0.4 is 0 Å². The fraction of sp³-hybridized carbons (Fsp3) is 0.316. The average Bonchev–Trinajstić information content (AvgIpc) is 2.48. The lowest BCUT2D eigenvalue weighted by molar-refractivity contribution is -0.137. The van der Waals surface area contributed by atoms with E-state index in [1.807, 2.05) is 45.0 Å². The molecule has 0 saturated carbocycles. The number of hydrogen-bond acceptors (Lipinski definition) is 1. The summed E-state index contributed by atoms with van der Waals surface area (Å²) in [6.45, 7) is 3.91. The molecule has 0 N–H and O–H groups in total. The van der Waals surface area contributed by atoms with Gasteiger partial charge in [0.25, 0.3) is 0 Å². The van der Waals surface area contributed by atoms with Crippen LogP contribution in [-0.4, -0.2) is 25.3 Å². The fourth-order valence-corrected chi connectivity index (χ4v) is 2.45. The molecule has 5 heteroatoms. The normalized spacial score (nSPS) is 12.0. The lowest BCUT2D eigenvalue weighted by atomic mass is 9.96. The van der Waals surface area contributed by atoms with Crippen LogP contribution in [0.5, 0.6) is 0 Å². The van der Waals surface area contributed by atoms with Crippen LogP contribution in [-0.2, 0) is 12.6 Å². The number of halogens is 3. The Kier molecular flexibility index (Phi) is 5.32. The molecule has 0 unspecified atom stereocenters. The smallest absolute Gasteiger partial charge is 0.369 e. The molecular weight excluding hydrogens is 313 g/mol. The zero-order valence-electron chi connectivity index (χ0n) is 14.3. The van der Waals surface area contributed by atoms with Gasteiger partial charge in [-0.3, -0.25) is 0 Å². The third-order valence-electron chi connectivity index (χ3n) is 3.73. The van der Waals surface area contributed by atoms with E-state index in [4.69, 9.17) is 0 Å². The van der Waals surface area contributed by atoms with Crippen molar-refractivity contribution in [3.8, 4) is 0 Å². The molecular formula is C19H21F3N2. The number of rotatable bonds is 4. The summed E-state index contributed by atoms with van der Waals surface area (Å²) in [6, 6.07) is 9.46. The molecule has 2 aromatic carbocycles. The molecule has 0 saturated heterocycles. The van der Waals surface area contributed by atoms with Crippen LogP contribution in [0.2, 0.25) is 0 Å². The van der Waals surface area contributed by atoms with Crippen molar-refractivity contribution in [1.29, 1.82) is 0 Å². The molecule has 0 aromatic heterocycles. The van der Waals surface area contributed by atoms with Gasteiger partial charge in [0, 0.05) is 14.1 Å². The maximum Gasteiger partial charge on any atom is 0.416 e. The third-order valence-corrected chi connectivity index (χ3v) is 3.73. The molecule has 2 nitrogen and oxygen atoms in total. The number of nitrogens with zero attached hydrogens (tertiary/aromatic N) is 2. The van der Waals surface area contributed by atoms with Crippen molar-refractivity contribution < 1.29 is 13.2 Å². The largest absolute Gasteiger partial charge is 0.416 e. The van der Waals surface area contributed by atoms with Crippen molar-refractivity contribution in [1.82, 2.24) is 4.90 Å². The molecule has 0 aliphatic heterocycles. The van der Waals surface area contributed by atoms with E-state index in [-0.39, 0.29) is 0 Å². The number of hydrogen-bond donors (Lipinski definition) is 0. The minimum atomic E-state index is -4.31. The number of alkyl halides is 3. The van der Waals surface area contributed by atoms with Gasteiger partial charge >= 0.3 is 6.18 Å². The number of benzene rings is 2. The Balaban J connectivity index is 2.29. The van der Waals surface area contributed by atoms with Crippen molar-refractivity contribution in [3.63, 3.8) is 0 Å². The van der Waals surface area contributed by atoms with Gasteiger partial charge in [-0.05, 0) is 54.7 Å². The minimum Gasteiger partial charge on any atom is -0.369 e. The molecule has 0 fully saturated rings. The first-order chi connectivity index (χ1) is 11.2. The maximum absolute atomic E-state index is 12.8. The Morgan fingerprint density at radius 2 is 1.75 bits per heavy atom. The fourth-order valence-electron chi connectivity index (χ4n) is 2.45. The van der Waals surface area contributed by atoms with E-state index in [9.17, 15) is 13.2 Å². The highest BCUT2D eigenvalue weighted by Crippen LogP contribution is 2.31. The highest BCUT2D eigenvalue weighted by Gasteiger charge is 2.30. The average molecular weight is 334 g/mol. The van der Waals surface area contributed by atoms with Crippen LogP contribution in [0.1, 0.15) is 27.8 Å². The molecule has 2 rings (SSSR count). The summed E-state index contributed by atoms with van der Waals surface area (Å²) in [6.07, 6.45) is -2.12. The standard InChI is InChI=1S/C19H21F3N2/c1-13-9-18(23-12-24(3)4)14(2)8-16(13)10-15-6-5-7-17(11-15)19(20,21)22/h5-9,11-12H,10H2,1-4H3/b23-12+. The Bertz CT molecular complexity index is 747. The number of aryl methyl sites for hydroxylation is 2. The summed E-state index contributed by atoms with van der Waals surface area (Å²) in [5, 5.41) is 0. The zero-order valence-corrected chi connectivity index (χ0v) is 14.3. The van der Waals surface area contributed by atoms with E-state index >= 15 is 0 Å². The highest BCUT2D eigenvalue weighted by atomic mass is 19.4. The van der Waals surface area contributed by atoms with Gasteiger partial charge in [-0.15, -0.1) is 0 Å². The molecule has 0 aliphatic rings. The van der Waals surface area contributed by atoms with E-state index in [1.165, 1.54) is 12.1 Å². The molecule has 0 amide bonds. The van der Waals surface area contributed by atoms with Crippen LogP contribution in [0, 0.1) is 13.8 Å².